The highest BCUT2D eigenvalue weighted by atomic mass is 16.6. The highest BCUT2D eigenvalue weighted by Gasteiger charge is 2.21. The van der Waals surface area contributed by atoms with E-state index in [1.54, 1.807) is 12.1 Å². The maximum Gasteiger partial charge on any atom is 0.270 e. The first-order valence-corrected chi connectivity index (χ1v) is 10.7. The van der Waals surface area contributed by atoms with Crippen LogP contribution in [0.25, 0.3) is 0 Å². The van der Waals surface area contributed by atoms with Gasteiger partial charge in [0, 0.05) is 48.7 Å². The Morgan fingerprint density at radius 3 is 2.53 bits per heavy atom. The number of nitrogens with zero attached hydrogens (tertiary/aromatic N) is 3. The van der Waals surface area contributed by atoms with Gasteiger partial charge in [-0.05, 0) is 64.2 Å². The van der Waals surface area contributed by atoms with E-state index in [2.05, 4.69) is 20.4 Å². The molecular formula is C23H29N5O4. The van der Waals surface area contributed by atoms with Crippen LogP contribution >= 0.6 is 0 Å². The van der Waals surface area contributed by atoms with Gasteiger partial charge in [0.15, 0.2) is 0 Å². The number of hydrogen-bond donors (Lipinski definition) is 2. The Kier molecular flexibility index (Phi) is 7.77. The summed E-state index contributed by atoms with van der Waals surface area (Å²) in [5, 5.41) is 16.7. The average Bonchev–Trinajstić information content (AvgIpc) is 3.31. The number of anilines is 2. The summed E-state index contributed by atoms with van der Waals surface area (Å²) in [7, 11) is 3.97. The first-order chi connectivity index (χ1) is 15.3. The molecule has 9 nitrogen and oxygen atoms in total. The SMILES string of the molecule is CN(C)CCCNC(=O)c1cc(NC(=O)c2cccc([N+](=O)[O-])c2)ccc1N1CCCC1. The molecule has 0 unspecified atom stereocenters. The van der Waals surface area contributed by atoms with E-state index in [0.29, 0.717) is 17.8 Å². The van der Waals surface area contributed by atoms with Crippen LogP contribution in [-0.4, -0.2) is 61.9 Å². The third kappa shape index (κ3) is 6.04. The zero-order valence-electron chi connectivity index (χ0n) is 18.5. The molecule has 0 saturated carbocycles. The van der Waals surface area contributed by atoms with Crippen LogP contribution < -0.4 is 15.5 Å². The molecule has 2 amide bonds. The standard InChI is InChI=1S/C23H29N5O4/c1-26(2)12-6-11-24-23(30)20-16-18(9-10-21(20)27-13-3-4-14-27)25-22(29)17-7-5-8-19(15-17)28(31)32/h5,7-10,15-16H,3-4,6,11-14H2,1-2H3,(H,24,30)(H,25,29). The predicted molar refractivity (Wildman–Crippen MR) is 124 cm³/mol. The molecule has 32 heavy (non-hydrogen) atoms. The number of nitro benzene ring substituents is 1. The van der Waals surface area contributed by atoms with Gasteiger partial charge < -0.3 is 20.4 Å². The number of rotatable bonds is 9. The molecule has 1 aliphatic heterocycles. The van der Waals surface area contributed by atoms with Gasteiger partial charge in [-0.2, -0.15) is 0 Å². The fraction of sp³-hybridized carbons (Fsp3) is 0.391. The molecule has 1 saturated heterocycles. The van der Waals surface area contributed by atoms with Crippen LogP contribution in [0.15, 0.2) is 42.5 Å². The monoisotopic (exact) mass is 439 g/mol. The summed E-state index contributed by atoms with van der Waals surface area (Å²) in [5.74, 6) is -0.655. The van der Waals surface area contributed by atoms with E-state index < -0.39 is 10.8 Å². The lowest BCUT2D eigenvalue weighted by Crippen LogP contribution is -2.29. The predicted octanol–water partition coefficient (Wildman–Crippen LogP) is 3.13. The second-order valence-electron chi connectivity index (χ2n) is 8.10. The summed E-state index contributed by atoms with van der Waals surface area (Å²) < 4.78 is 0. The molecule has 2 aromatic rings. The highest BCUT2D eigenvalue weighted by Crippen LogP contribution is 2.28. The van der Waals surface area contributed by atoms with Gasteiger partial charge in [0.1, 0.15) is 0 Å². The van der Waals surface area contributed by atoms with Gasteiger partial charge in [0.25, 0.3) is 17.5 Å². The summed E-state index contributed by atoms with van der Waals surface area (Å²) in [6.45, 7) is 3.21. The summed E-state index contributed by atoms with van der Waals surface area (Å²) in [5.41, 5.74) is 1.84. The third-order valence-electron chi connectivity index (χ3n) is 5.33. The third-order valence-corrected chi connectivity index (χ3v) is 5.33. The average molecular weight is 440 g/mol. The molecule has 0 bridgehead atoms. The summed E-state index contributed by atoms with van der Waals surface area (Å²) >= 11 is 0. The molecule has 0 spiro atoms. The molecule has 2 N–H and O–H groups in total. The molecule has 1 fully saturated rings. The molecule has 170 valence electrons. The number of amides is 2. The number of carbonyl (C=O) groups excluding carboxylic acids is 2. The van der Waals surface area contributed by atoms with E-state index in [4.69, 9.17) is 0 Å². The van der Waals surface area contributed by atoms with Gasteiger partial charge in [-0.25, -0.2) is 0 Å². The van der Waals surface area contributed by atoms with Crippen molar-refractivity contribution in [3.8, 4) is 0 Å². The molecule has 1 aliphatic rings. The molecule has 2 aromatic carbocycles. The lowest BCUT2D eigenvalue weighted by Gasteiger charge is -2.22. The fourth-order valence-electron chi connectivity index (χ4n) is 3.69. The molecule has 9 heteroatoms. The minimum Gasteiger partial charge on any atom is -0.371 e. The first kappa shape index (κ1) is 23.2. The maximum absolute atomic E-state index is 13.0. The minimum atomic E-state index is -0.541. The Labute approximate surface area is 187 Å². The lowest BCUT2D eigenvalue weighted by atomic mass is 10.1. The van der Waals surface area contributed by atoms with Crippen molar-refractivity contribution < 1.29 is 14.5 Å². The van der Waals surface area contributed by atoms with Gasteiger partial charge >= 0.3 is 0 Å². The lowest BCUT2D eigenvalue weighted by molar-refractivity contribution is -0.384. The van der Waals surface area contributed by atoms with Crippen molar-refractivity contribution in [3.05, 3.63) is 63.7 Å². The van der Waals surface area contributed by atoms with E-state index in [1.807, 2.05) is 20.2 Å². The largest absolute Gasteiger partial charge is 0.371 e. The summed E-state index contributed by atoms with van der Waals surface area (Å²) in [4.78, 5) is 40.3. The van der Waals surface area contributed by atoms with Gasteiger partial charge in [-0.3, -0.25) is 19.7 Å². The topological polar surface area (TPSA) is 108 Å². The van der Waals surface area contributed by atoms with Crippen molar-refractivity contribution in [2.75, 3.05) is 50.5 Å². The van der Waals surface area contributed by atoms with Crippen molar-refractivity contribution in [1.82, 2.24) is 10.2 Å². The van der Waals surface area contributed by atoms with Gasteiger partial charge in [0.2, 0.25) is 0 Å². The Morgan fingerprint density at radius 2 is 1.84 bits per heavy atom. The van der Waals surface area contributed by atoms with Crippen LogP contribution in [0.4, 0.5) is 17.1 Å². The number of nitro groups is 1. The van der Waals surface area contributed by atoms with E-state index in [9.17, 15) is 19.7 Å². The normalized spacial score (nSPS) is 13.3. The first-order valence-electron chi connectivity index (χ1n) is 10.7. The fourth-order valence-corrected chi connectivity index (χ4v) is 3.69. The summed E-state index contributed by atoms with van der Waals surface area (Å²) in [6, 6.07) is 10.8. The highest BCUT2D eigenvalue weighted by molar-refractivity contribution is 6.06. The van der Waals surface area contributed by atoms with E-state index in [-0.39, 0.29) is 17.2 Å². The maximum atomic E-state index is 13.0. The second-order valence-corrected chi connectivity index (χ2v) is 8.10. The van der Waals surface area contributed by atoms with Gasteiger partial charge in [-0.1, -0.05) is 6.07 Å². The van der Waals surface area contributed by atoms with E-state index in [0.717, 1.165) is 44.6 Å². The molecular weight excluding hydrogens is 410 g/mol. The molecule has 0 aromatic heterocycles. The molecule has 0 atom stereocenters. The van der Waals surface area contributed by atoms with E-state index >= 15 is 0 Å². The molecule has 0 aliphatic carbocycles. The van der Waals surface area contributed by atoms with Crippen molar-refractivity contribution in [1.29, 1.82) is 0 Å². The van der Waals surface area contributed by atoms with Crippen LogP contribution in [0.3, 0.4) is 0 Å². The van der Waals surface area contributed by atoms with Crippen LogP contribution in [0.1, 0.15) is 40.0 Å². The Hall–Kier alpha value is -3.46. The van der Waals surface area contributed by atoms with Crippen LogP contribution in [-0.2, 0) is 0 Å². The van der Waals surface area contributed by atoms with Crippen molar-refractivity contribution >= 4 is 28.9 Å². The zero-order valence-corrected chi connectivity index (χ0v) is 18.5. The number of benzene rings is 2. The summed E-state index contributed by atoms with van der Waals surface area (Å²) in [6.07, 6.45) is 2.99. The number of hydrogen-bond acceptors (Lipinski definition) is 6. The molecule has 1 heterocycles. The number of carbonyl (C=O) groups is 2. The van der Waals surface area contributed by atoms with E-state index in [1.165, 1.54) is 24.3 Å². The van der Waals surface area contributed by atoms with Crippen molar-refractivity contribution in [2.24, 2.45) is 0 Å². The molecule has 0 radical (unpaired) electrons. The quantitative estimate of drug-likeness (QED) is 0.353. The van der Waals surface area contributed by atoms with Gasteiger partial charge in [0.05, 0.1) is 10.5 Å². The van der Waals surface area contributed by atoms with Crippen LogP contribution in [0.5, 0.6) is 0 Å². The Bertz CT molecular complexity index is 986. The number of non-ortho nitro benzene ring substituents is 1. The van der Waals surface area contributed by atoms with Crippen LogP contribution in [0, 0.1) is 10.1 Å². The van der Waals surface area contributed by atoms with Crippen molar-refractivity contribution in [3.63, 3.8) is 0 Å². The second kappa shape index (κ2) is 10.7. The molecule has 3 rings (SSSR count). The number of nitrogens with one attached hydrogen (secondary N) is 2. The van der Waals surface area contributed by atoms with Gasteiger partial charge in [-0.15, -0.1) is 0 Å². The smallest absolute Gasteiger partial charge is 0.270 e. The zero-order chi connectivity index (χ0) is 23.1. The van der Waals surface area contributed by atoms with Crippen LogP contribution in [0.2, 0.25) is 0 Å². The van der Waals surface area contributed by atoms with Crippen molar-refractivity contribution in [2.45, 2.75) is 19.3 Å². The Balaban J connectivity index is 1.78. The Morgan fingerprint density at radius 1 is 1.09 bits per heavy atom. The minimum absolute atomic E-state index is 0.153.